The molecular formula is C17H24N4. The van der Waals surface area contributed by atoms with Crippen LogP contribution in [0.15, 0.2) is 48.5 Å². The van der Waals surface area contributed by atoms with Crippen LogP contribution in [-0.2, 0) is 0 Å². The van der Waals surface area contributed by atoms with Gasteiger partial charge in [0.1, 0.15) is 0 Å². The van der Waals surface area contributed by atoms with Gasteiger partial charge in [-0.2, -0.15) is 0 Å². The van der Waals surface area contributed by atoms with Crippen molar-refractivity contribution in [2.24, 2.45) is 5.41 Å². The molecule has 4 nitrogen and oxygen atoms in total. The van der Waals surface area contributed by atoms with Crippen LogP contribution in [0, 0.1) is 5.41 Å². The van der Waals surface area contributed by atoms with E-state index in [0.29, 0.717) is 0 Å². The van der Waals surface area contributed by atoms with Crippen molar-refractivity contribution in [2.75, 3.05) is 35.2 Å². The summed E-state index contributed by atoms with van der Waals surface area (Å²) in [5.41, 5.74) is 15.2. The summed E-state index contributed by atoms with van der Waals surface area (Å²) in [6.45, 7) is 6.20. The number of nitrogens with two attached hydrogens (primary N) is 2. The van der Waals surface area contributed by atoms with Gasteiger partial charge in [0.25, 0.3) is 0 Å². The molecule has 0 aliphatic heterocycles. The SMILES string of the molecule is CC(C)(CNc1ccc(N)cc1)CNc1ccc(N)cc1. The Morgan fingerprint density at radius 3 is 1.38 bits per heavy atom. The molecule has 0 bridgehead atoms. The highest BCUT2D eigenvalue weighted by Crippen LogP contribution is 2.19. The summed E-state index contributed by atoms with van der Waals surface area (Å²) < 4.78 is 0. The first-order chi connectivity index (χ1) is 9.94. The van der Waals surface area contributed by atoms with Crippen molar-refractivity contribution in [1.29, 1.82) is 0 Å². The number of anilines is 4. The van der Waals surface area contributed by atoms with Crippen molar-refractivity contribution in [1.82, 2.24) is 0 Å². The molecular weight excluding hydrogens is 260 g/mol. The van der Waals surface area contributed by atoms with Crippen LogP contribution in [0.1, 0.15) is 13.8 Å². The van der Waals surface area contributed by atoms with Gasteiger partial charge in [-0.1, -0.05) is 13.8 Å². The zero-order chi connectivity index (χ0) is 15.3. The molecule has 2 rings (SSSR count). The third-order valence-corrected chi connectivity index (χ3v) is 3.36. The van der Waals surface area contributed by atoms with Crippen LogP contribution in [0.3, 0.4) is 0 Å². The molecule has 2 aromatic rings. The molecule has 0 saturated heterocycles. The topological polar surface area (TPSA) is 76.1 Å². The van der Waals surface area contributed by atoms with Crippen LogP contribution in [0.4, 0.5) is 22.7 Å². The molecule has 0 spiro atoms. The molecule has 0 radical (unpaired) electrons. The average Bonchev–Trinajstić information content (AvgIpc) is 2.46. The van der Waals surface area contributed by atoms with Crippen molar-refractivity contribution < 1.29 is 0 Å². The first-order valence-electron chi connectivity index (χ1n) is 7.13. The second-order valence-electron chi connectivity index (χ2n) is 6.12. The number of rotatable bonds is 6. The summed E-state index contributed by atoms with van der Waals surface area (Å²) in [6.07, 6.45) is 0. The van der Waals surface area contributed by atoms with E-state index in [2.05, 4.69) is 24.5 Å². The van der Waals surface area contributed by atoms with Gasteiger partial charge in [0, 0.05) is 35.8 Å². The fourth-order valence-electron chi connectivity index (χ4n) is 1.95. The first kappa shape index (κ1) is 15.0. The molecule has 0 heterocycles. The minimum Gasteiger partial charge on any atom is -0.399 e. The van der Waals surface area contributed by atoms with E-state index in [4.69, 9.17) is 11.5 Å². The lowest BCUT2D eigenvalue weighted by Crippen LogP contribution is -2.30. The van der Waals surface area contributed by atoms with E-state index in [1.807, 2.05) is 48.5 Å². The maximum atomic E-state index is 5.68. The molecule has 0 saturated carbocycles. The van der Waals surface area contributed by atoms with Gasteiger partial charge in [-0.05, 0) is 53.9 Å². The van der Waals surface area contributed by atoms with Crippen molar-refractivity contribution >= 4 is 22.7 Å². The molecule has 21 heavy (non-hydrogen) atoms. The van der Waals surface area contributed by atoms with E-state index in [0.717, 1.165) is 35.8 Å². The minimum atomic E-state index is 0.114. The molecule has 0 unspecified atom stereocenters. The molecule has 0 atom stereocenters. The van der Waals surface area contributed by atoms with Crippen LogP contribution >= 0.6 is 0 Å². The van der Waals surface area contributed by atoms with Gasteiger partial charge in [0.15, 0.2) is 0 Å². The molecule has 0 aliphatic rings. The van der Waals surface area contributed by atoms with Crippen molar-refractivity contribution in [3.63, 3.8) is 0 Å². The van der Waals surface area contributed by atoms with E-state index in [9.17, 15) is 0 Å². The zero-order valence-electron chi connectivity index (χ0n) is 12.7. The molecule has 0 aromatic heterocycles. The number of hydrogen-bond donors (Lipinski definition) is 4. The van der Waals surface area contributed by atoms with Crippen LogP contribution in [0.5, 0.6) is 0 Å². The Morgan fingerprint density at radius 2 is 1.05 bits per heavy atom. The molecule has 4 heteroatoms. The summed E-state index contributed by atoms with van der Waals surface area (Å²) in [6, 6.07) is 15.6. The number of nitrogens with one attached hydrogen (secondary N) is 2. The quantitative estimate of drug-likeness (QED) is 0.613. The predicted octanol–water partition coefficient (Wildman–Crippen LogP) is 3.40. The van der Waals surface area contributed by atoms with Crippen molar-refractivity contribution in [3.8, 4) is 0 Å². The van der Waals surface area contributed by atoms with E-state index in [1.54, 1.807) is 0 Å². The maximum Gasteiger partial charge on any atom is 0.0341 e. The summed E-state index contributed by atoms with van der Waals surface area (Å²) in [4.78, 5) is 0. The van der Waals surface area contributed by atoms with Gasteiger partial charge in [0.05, 0.1) is 0 Å². The van der Waals surface area contributed by atoms with Gasteiger partial charge < -0.3 is 22.1 Å². The summed E-state index contributed by atoms with van der Waals surface area (Å²) in [5.74, 6) is 0. The normalized spacial score (nSPS) is 11.1. The monoisotopic (exact) mass is 284 g/mol. The van der Waals surface area contributed by atoms with E-state index < -0.39 is 0 Å². The fourth-order valence-corrected chi connectivity index (χ4v) is 1.95. The number of hydrogen-bond acceptors (Lipinski definition) is 4. The van der Waals surface area contributed by atoms with Crippen LogP contribution in [0.25, 0.3) is 0 Å². The smallest absolute Gasteiger partial charge is 0.0341 e. The Labute approximate surface area is 126 Å². The maximum absolute atomic E-state index is 5.68. The molecule has 2 aromatic carbocycles. The Balaban J connectivity index is 1.83. The lowest BCUT2D eigenvalue weighted by atomic mass is 9.93. The molecule has 0 amide bonds. The third-order valence-electron chi connectivity index (χ3n) is 3.36. The molecule has 6 N–H and O–H groups in total. The molecule has 0 aliphatic carbocycles. The Hall–Kier alpha value is -2.36. The van der Waals surface area contributed by atoms with Gasteiger partial charge in [-0.25, -0.2) is 0 Å². The largest absolute Gasteiger partial charge is 0.399 e. The standard InChI is InChI=1S/C17H24N4/c1-17(2,11-20-15-7-3-13(18)4-8-15)12-21-16-9-5-14(19)6-10-16/h3-10,20-21H,11-12,18-19H2,1-2H3. The number of benzene rings is 2. The van der Waals surface area contributed by atoms with Crippen LogP contribution in [0.2, 0.25) is 0 Å². The Bertz CT molecular complexity index is 507. The molecule has 0 fully saturated rings. The summed E-state index contributed by atoms with van der Waals surface area (Å²) >= 11 is 0. The van der Waals surface area contributed by atoms with Crippen molar-refractivity contribution in [3.05, 3.63) is 48.5 Å². The Morgan fingerprint density at radius 1 is 0.714 bits per heavy atom. The van der Waals surface area contributed by atoms with E-state index in [1.165, 1.54) is 0 Å². The van der Waals surface area contributed by atoms with Gasteiger partial charge in [0.2, 0.25) is 0 Å². The second-order valence-corrected chi connectivity index (χ2v) is 6.12. The van der Waals surface area contributed by atoms with Crippen LogP contribution in [-0.4, -0.2) is 13.1 Å². The summed E-state index contributed by atoms with van der Waals surface area (Å²) in [7, 11) is 0. The first-order valence-corrected chi connectivity index (χ1v) is 7.13. The van der Waals surface area contributed by atoms with Gasteiger partial charge in [-0.3, -0.25) is 0 Å². The van der Waals surface area contributed by atoms with E-state index >= 15 is 0 Å². The second kappa shape index (κ2) is 6.39. The van der Waals surface area contributed by atoms with Gasteiger partial charge >= 0.3 is 0 Å². The van der Waals surface area contributed by atoms with Gasteiger partial charge in [-0.15, -0.1) is 0 Å². The number of nitrogen functional groups attached to an aromatic ring is 2. The predicted molar refractivity (Wildman–Crippen MR) is 92.5 cm³/mol. The lowest BCUT2D eigenvalue weighted by Gasteiger charge is -2.26. The summed E-state index contributed by atoms with van der Waals surface area (Å²) in [5, 5.41) is 6.88. The zero-order valence-corrected chi connectivity index (χ0v) is 12.7. The minimum absolute atomic E-state index is 0.114. The lowest BCUT2D eigenvalue weighted by molar-refractivity contribution is 0.419. The van der Waals surface area contributed by atoms with E-state index in [-0.39, 0.29) is 5.41 Å². The highest BCUT2D eigenvalue weighted by atomic mass is 14.9. The highest BCUT2D eigenvalue weighted by molar-refractivity contribution is 5.52. The van der Waals surface area contributed by atoms with Crippen LogP contribution < -0.4 is 22.1 Å². The third kappa shape index (κ3) is 4.91. The molecule has 112 valence electrons. The fraction of sp³-hybridized carbons (Fsp3) is 0.294. The Kier molecular flexibility index (Phi) is 4.58. The highest BCUT2D eigenvalue weighted by Gasteiger charge is 2.17. The van der Waals surface area contributed by atoms with Crippen molar-refractivity contribution in [2.45, 2.75) is 13.8 Å². The average molecular weight is 284 g/mol.